The van der Waals surface area contributed by atoms with Crippen LogP contribution in [0.4, 0.5) is 0 Å². The maximum Gasteiger partial charge on any atom is 0.183 e. The molecule has 3 rings (SSSR count). The van der Waals surface area contributed by atoms with Crippen molar-refractivity contribution in [1.29, 1.82) is 0 Å². The first-order chi connectivity index (χ1) is 7.78. The Hall–Kier alpha value is -1.16. The second kappa shape index (κ2) is 3.70. The third kappa shape index (κ3) is 1.67. The number of nitrogens with two attached hydrogens (primary N) is 1. The molecule has 1 atom stereocenters. The molecule has 0 spiro atoms. The zero-order valence-electron chi connectivity index (χ0n) is 9.33. The van der Waals surface area contributed by atoms with E-state index in [1.165, 1.54) is 12.8 Å². The van der Waals surface area contributed by atoms with E-state index in [1.54, 1.807) is 0 Å². The van der Waals surface area contributed by atoms with Gasteiger partial charge in [0.25, 0.3) is 0 Å². The normalized spacial score (nSPS) is 24.6. The highest BCUT2D eigenvalue weighted by Crippen LogP contribution is 2.39. The SMILES string of the molecule is NCCC1CC(=O)c2nc(C3CC3)[nH]c2C1. The molecule has 1 fully saturated rings. The number of nitrogens with zero attached hydrogens (tertiary/aromatic N) is 1. The molecule has 0 bridgehead atoms. The maximum atomic E-state index is 11.9. The van der Waals surface area contributed by atoms with Crippen molar-refractivity contribution >= 4 is 5.78 Å². The molecule has 0 radical (unpaired) electrons. The first-order valence-electron chi connectivity index (χ1n) is 6.10. The number of rotatable bonds is 3. The summed E-state index contributed by atoms with van der Waals surface area (Å²) in [6.07, 6.45) is 4.93. The van der Waals surface area contributed by atoms with Gasteiger partial charge in [-0.05, 0) is 38.1 Å². The Balaban J connectivity index is 1.86. The molecule has 2 aliphatic rings. The summed E-state index contributed by atoms with van der Waals surface area (Å²) in [5.41, 5.74) is 7.31. The van der Waals surface area contributed by atoms with Gasteiger partial charge in [0, 0.05) is 18.0 Å². The molecule has 4 heteroatoms. The fourth-order valence-electron chi connectivity index (χ4n) is 2.52. The topological polar surface area (TPSA) is 71.8 Å². The number of aromatic amines is 1. The van der Waals surface area contributed by atoms with Crippen molar-refractivity contribution in [3.8, 4) is 0 Å². The number of fused-ring (bicyclic) bond motifs is 1. The summed E-state index contributed by atoms with van der Waals surface area (Å²) in [5, 5.41) is 0. The monoisotopic (exact) mass is 219 g/mol. The minimum atomic E-state index is 0.197. The van der Waals surface area contributed by atoms with Gasteiger partial charge in [0.05, 0.1) is 0 Å². The van der Waals surface area contributed by atoms with E-state index in [9.17, 15) is 4.79 Å². The minimum Gasteiger partial charge on any atom is -0.345 e. The Bertz CT molecular complexity index is 420. The van der Waals surface area contributed by atoms with E-state index in [2.05, 4.69) is 9.97 Å². The lowest BCUT2D eigenvalue weighted by Gasteiger charge is -2.19. The molecule has 86 valence electrons. The van der Waals surface area contributed by atoms with Gasteiger partial charge in [-0.15, -0.1) is 0 Å². The van der Waals surface area contributed by atoms with Gasteiger partial charge in [-0.25, -0.2) is 4.98 Å². The number of ketones is 1. The van der Waals surface area contributed by atoms with Gasteiger partial charge in [-0.3, -0.25) is 4.79 Å². The van der Waals surface area contributed by atoms with Crippen molar-refractivity contribution in [3.05, 3.63) is 17.2 Å². The number of H-pyrrole nitrogens is 1. The van der Waals surface area contributed by atoms with E-state index in [4.69, 9.17) is 5.73 Å². The third-order valence-corrected chi connectivity index (χ3v) is 3.57. The van der Waals surface area contributed by atoms with Gasteiger partial charge in [0.15, 0.2) is 5.78 Å². The van der Waals surface area contributed by atoms with Gasteiger partial charge in [0.1, 0.15) is 11.5 Å². The third-order valence-electron chi connectivity index (χ3n) is 3.57. The van der Waals surface area contributed by atoms with E-state index < -0.39 is 0 Å². The number of Topliss-reactive ketones (excluding diaryl/α,β-unsaturated/α-hetero) is 1. The average molecular weight is 219 g/mol. The summed E-state index contributed by atoms with van der Waals surface area (Å²) in [6, 6.07) is 0. The predicted octanol–water partition coefficient (Wildman–Crippen LogP) is 1.38. The molecule has 1 unspecified atom stereocenters. The molecule has 1 saturated carbocycles. The van der Waals surface area contributed by atoms with Crippen LogP contribution in [-0.4, -0.2) is 22.3 Å². The van der Waals surface area contributed by atoms with Gasteiger partial charge < -0.3 is 10.7 Å². The van der Waals surface area contributed by atoms with Crippen molar-refractivity contribution in [1.82, 2.24) is 9.97 Å². The molecule has 0 aromatic carbocycles. The van der Waals surface area contributed by atoms with Crippen LogP contribution in [0.25, 0.3) is 0 Å². The number of hydrogen-bond acceptors (Lipinski definition) is 3. The zero-order chi connectivity index (χ0) is 11.1. The molecule has 0 aliphatic heterocycles. The van der Waals surface area contributed by atoms with Crippen LogP contribution in [0.2, 0.25) is 0 Å². The van der Waals surface area contributed by atoms with Crippen LogP contribution in [0, 0.1) is 5.92 Å². The van der Waals surface area contributed by atoms with E-state index in [0.29, 0.717) is 30.5 Å². The highest BCUT2D eigenvalue weighted by atomic mass is 16.1. The van der Waals surface area contributed by atoms with Gasteiger partial charge >= 0.3 is 0 Å². The zero-order valence-corrected chi connectivity index (χ0v) is 9.33. The van der Waals surface area contributed by atoms with Crippen LogP contribution in [0.3, 0.4) is 0 Å². The van der Waals surface area contributed by atoms with Crippen LogP contribution < -0.4 is 5.73 Å². The molecular weight excluding hydrogens is 202 g/mol. The second-order valence-corrected chi connectivity index (χ2v) is 5.00. The standard InChI is InChI=1S/C12H17N3O/c13-4-3-7-5-9-11(10(16)6-7)15-12(14-9)8-1-2-8/h7-8H,1-6,13H2,(H,14,15). The van der Waals surface area contributed by atoms with E-state index >= 15 is 0 Å². The molecule has 0 amide bonds. The smallest absolute Gasteiger partial charge is 0.183 e. The second-order valence-electron chi connectivity index (χ2n) is 5.00. The summed E-state index contributed by atoms with van der Waals surface area (Å²) in [7, 11) is 0. The lowest BCUT2D eigenvalue weighted by atomic mass is 9.87. The molecule has 1 heterocycles. The molecular formula is C12H17N3O. The van der Waals surface area contributed by atoms with E-state index in [1.807, 2.05) is 0 Å². The largest absolute Gasteiger partial charge is 0.345 e. The van der Waals surface area contributed by atoms with Gasteiger partial charge in [-0.1, -0.05) is 0 Å². The van der Waals surface area contributed by atoms with Crippen LogP contribution in [0.1, 0.15) is 53.6 Å². The van der Waals surface area contributed by atoms with Crippen molar-refractivity contribution in [2.75, 3.05) is 6.54 Å². The van der Waals surface area contributed by atoms with Crippen LogP contribution in [0.15, 0.2) is 0 Å². The van der Waals surface area contributed by atoms with Crippen LogP contribution in [0.5, 0.6) is 0 Å². The number of hydrogen-bond donors (Lipinski definition) is 2. The average Bonchev–Trinajstić information content (AvgIpc) is 3.00. The molecule has 0 saturated heterocycles. The Morgan fingerprint density at radius 1 is 1.38 bits per heavy atom. The molecule has 2 aliphatic carbocycles. The number of carbonyl (C=O) groups is 1. The fraction of sp³-hybridized carbons (Fsp3) is 0.667. The predicted molar refractivity (Wildman–Crippen MR) is 60.4 cm³/mol. The Labute approximate surface area is 94.6 Å². The quantitative estimate of drug-likeness (QED) is 0.806. The summed E-state index contributed by atoms with van der Waals surface area (Å²) in [6.45, 7) is 0.664. The van der Waals surface area contributed by atoms with Gasteiger partial charge in [-0.2, -0.15) is 0 Å². The first-order valence-corrected chi connectivity index (χ1v) is 6.10. The minimum absolute atomic E-state index is 0.197. The summed E-state index contributed by atoms with van der Waals surface area (Å²) in [4.78, 5) is 19.7. The van der Waals surface area contributed by atoms with Gasteiger partial charge in [0.2, 0.25) is 0 Å². The lowest BCUT2D eigenvalue weighted by molar-refractivity contribution is 0.0941. The highest BCUT2D eigenvalue weighted by molar-refractivity contribution is 5.96. The Morgan fingerprint density at radius 3 is 2.88 bits per heavy atom. The number of imidazole rings is 1. The summed E-state index contributed by atoms with van der Waals surface area (Å²) < 4.78 is 0. The van der Waals surface area contributed by atoms with Crippen LogP contribution in [-0.2, 0) is 6.42 Å². The Kier molecular flexibility index (Phi) is 2.32. The Morgan fingerprint density at radius 2 is 2.19 bits per heavy atom. The van der Waals surface area contributed by atoms with E-state index in [0.717, 1.165) is 24.4 Å². The lowest BCUT2D eigenvalue weighted by Crippen LogP contribution is -2.22. The van der Waals surface area contributed by atoms with Crippen molar-refractivity contribution in [2.24, 2.45) is 11.7 Å². The molecule has 16 heavy (non-hydrogen) atoms. The first kappa shape index (κ1) is 10.0. The highest BCUT2D eigenvalue weighted by Gasteiger charge is 2.32. The molecule has 4 nitrogen and oxygen atoms in total. The fourth-order valence-corrected chi connectivity index (χ4v) is 2.52. The number of carbonyl (C=O) groups excluding carboxylic acids is 1. The molecule has 1 aromatic heterocycles. The van der Waals surface area contributed by atoms with Crippen molar-refractivity contribution < 1.29 is 4.79 Å². The number of nitrogens with one attached hydrogen (secondary N) is 1. The van der Waals surface area contributed by atoms with Crippen LogP contribution >= 0.6 is 0 Å². The van der Waals surface area contributed by atoms with E-state index in [-0.39, 0.29) is 5.78 Å². The maximum absolute atomic E-state index is 11.9. The summed E-state index contributed by atoms with van der Waals surface area (Å²) in [5.74, 6) is 2.23. The van der Waals surface area contributed by atoms with Crippen molar-refractivity contribution in [3.63, 3.8) is 0 Å². The molecule has 3 N–H and O–H groups in total. The molecule has 1 aromatic rings. The number of aromatic nitrogens is 2. The summed E-state index contributed by atoms with van der Waals surface area (Å²) >= 11 is 0. The van der Waals surface area contributed by atoms with Crippen molar-refractivity contribution in [2.45, 2.75) is 38.0 Å².